The number of benzene rings is 1. The third kappa shape index (κ3) is 9.35. The molecule has 0 atom stereocenters. The van der Waals surface area contributed by atoms with E-state index in [9.17, 15) is 0 Å². The molecular formula is C29H44N6. The summed E-state index contributed by atoms with van der Waals surface area (Å²) in [6.07, 6.45) is 22.4. The van der Waals surface area contributed by atoms with Crippen molar-refractivity contribution in [3.63, 3.8) is 0 Å². The molecule has 0 saturated carbocycles. The van der Waals surface area contributed by atoms with Crippen molar-refractivity contribution >= 4 is 33.9 Å². The van der Waals surface area contributed by atoms with Crippen molar-refractivity contribution in [1.82, 2.24) is 15.0 Å². The van der Waals surface area contributed by atoms with Crippen molar-refractivity contribution in [1.29, 1.82) is 0 Å². The second kappa shape index (κ2) is 15.9. The molecule has 0 aliphatic rings. The minimum atomic E-state index is 0.533. The Kier molecular flexibility index (Phi) is 12.1. The van der Waals surface area contributed by atoms with Gasteiger partial charge >= 0.3 is 0 Å². The monoisotopic (exact) mass is 476 g/mol. The molecule has 0 unspecified atom stereocenters. The molecule has 0 bridgehead atoms. The first-order valence-corrected chi connectivity index (χ1v) is 13.7. The van der Waals surface area contributed by atoms with E-state index in [-0.39, 0.29) is 0 Å². The summed E-state index contributed by atoms with van der Waals surface area (Å²) in [4.78, 5) is 13.2. The van der Waals surface area contributed by atoms with Crippen molar-refractivity contribution in [2.75, 3.05) is 22.9 Å². The second-order valence-electron chi connectivity index (χ2n) is 9.51. The Morgan fingerprint density at radius 1 is 0.686 bits per heavy atom. The van der Waals surface area contributed by atoms with Crippen LogP contribution in [0.2, 0.25) is 0 Å². The van der Waals surface area contributed by atoms with Crippen LogP contribution in [0.25, 0.3) is 10.9 Å². The molecule has 2 aromatic heterocycles. The highest BCUT2D eigenvalue weighted by molar-refractivity contribution is 5.93. The topological polar surface area (TPSA) is 88.8 Å². The van der Waals surface area contributed by atoms with Gasteiger partial charge in [-0.15, -0.1) is 0 Å². The Morgan fingerprint density at radius 3 is 1.97 bits per heavy atom. The molecule has 35 heavy (non-hydrogen) atoms. The predicted octanol–water partition coefficient (Wildman–Crippen LogP) is 8.24. The lowest BCUT2D eigenvalue weighted by Crippen LogP contribution is -2.09. The van der Waals surface area contributed by atoms with Crippen LogP contribution in [0.15, 0.2) is 42.9 Å². The van der Waals surface area contributed by atoms with E-state index >= 15 is 0 Å². The predicted molar refractivity (Wildman–Crippen MR) is 150 cm³/mol. The van der Waals surface area contributed by atoms with Gasteiger partial charge in [0, 0.05) is 18.1 Å². The van der Waals surface area contributed by atoms with Crippen LogP contribution in [0, 0.1) is 0 Å². The summed E-state index contributed by atoms with van der Waals surface area (Å²) in [6, 6.07) is 10.0. The van der Waals surface area contributed by atoms with Crippen molar-refractivity contribution in [2.45, 2.75) is 96.8 Å². The SMILES string of the molecule is CCCCCCCCCCCCCCCCNc1ncnc(Nc2cccc3cccnc23)c1N. The number of nitrogen functional groups attached to an aromatic ring is 1. The number of nitrogens with zero attached hydrogens (tertiary/aromatic N) is 3. The van der Waals surface area contributed by atoms with Crippen LogP contribution in [0.5, 0.6) is 0 Å². The maximum absolute atomic E-state index is 6.37. The highest BCUT2D eigenvalue weighted by atomic mass is 15.1. The fraction of sp³-hybridized carbons (Fsp3) is 0.552. The van der Waals surface area contributed by atoms with Crippen LogP contribution < -0.4 is 16.4 Å². The number of unbranched alkanes of at least 4 members (excludes halogenated alkanes) is 13. The summed E-state index contributed by atoms with van der Waals surface area (Å²) in [6.45, 7) is 3.15. The molecule has 3 aromatic rings. The molecular weight excluding hydrogens is 432 g/mol. The van der Waals surface area contributed by atoms with E-state index in [4.69, 9.17) is 5.73 Å². The van der Waals surface area contributed by atoms with Crippen LogP contribution in [0.4, 0.5) is 23.0 Å². The molecule has 6 nitrogen and oxygen atoms in total. The molecule has 0 saturated heterocycles. The third-order valence-corrected chi connectivity index (χ3v) is 6.59. The number of rotatable bonds is 18. The minimum absolute atomic E-state index is 0.533. The van der Waals surface area contributed by atoms with Crippen LogP contribution in [0.1, 0.15) is 96.8 Å². The summed E-state index contributed by atoms with van der Waals surface area (Å²) >= 11 is 0. The number of pyridine rings is 1. The van der Waals surface area contributed by atoms with Crippen molar-refractivity contribution in [3.05, 3.63) is 42.9 Å². The number of nitrogens with two attached hydrogens (primary N) is 1. The lowest BCUT2D eigenvalue weighted by Gasteiger charge is -2.13. The number of nitrogens with one attached hydrogen (secondary N) is 2. The maximum Gasteiger partial charge on any atom is 0.159 e. The first-order valence-electron chi connectivity index (χ1n) is 13.7. The van der Waals surface area contributed by atoms with Gasteiger partial charge in [-0.05, 0) is 18.6 Å². The summed E-state index contributed by atoms with van der Waals surface area (Å²) in [5.74, 6) is 1.28. The fourth-order valence-electron chi connectivity index (χ4n) is 4.50. The summed E-state index contributed by atoms with van der Waals surface area (Å²) in [7, 11) is 0. The molecule has 4 N–H and O–H groups in total. The molecule has 0 aliphatic carbocycles. The van der Waals surface area contributed by atoms with E-state index in [0.29, 0.717) is 17.3 Å². The lowest BCUT2D eigenvalue weighted by atomic mass is 10.0. The van der Waals surface area contributed by atoms with Gasteiger partial charge in [0.15, 0.2) is 11.6 Å². The zero-order chi connectivity index (χ0) is 24.6. The Bertz CT molecular complexity index is 985. The average molecular weight is 477 g/mol. The van der Waals surface area contributed by atoms with Crippen molar-refractivity contribution < 1.29 is 0 Å². The highest BCUT2D eigenvalue weighted by Crippen LogP contribution is 2.29. The first kappa shape index (κ1) is 26.7. The molecule has 0 aliphatic heterocycles. The zero-order valence-corrected chi connectivity index (χ0v) is 21.6. The number of para-hydroxylation sites is 1. The summed E-state index contributed by atoms with van der Waals surface area (Å²) in [5, 5.41) is 7.79. The minimum Gasteiger partial charge on any atom is -0.393 e. The normalized spacial score (nSPS) is 11.1. The number of aromatic nitrogens is 3. The Balaban J connectivity index is 1.28. The van der Waals surface area contributed by atoms with Crippen molar-refractivity contribution in [2.24, 2.45) is 0 Å². The summed E-state index contributed by atoms with van der Waals surface area (Å²) < 4.78 is 0. The van der Waals surface area contributed by atoms with E-state index in [1.807, 2.05) is 30.3 Å². The lowest BCUT2D eigenvalue weighted by molar-refractivity contribution is 0.537. The van der Waals surface area contributed by atoms with E-state index in [2.05, 4.69) is 32.5 Å². The molecule has 6 heteroatoms. The molecule has 2 heterocycles. The third-order valence-electron chi connectivity index (χ3n) is 6.59. The van der Waals surface area contributed by atoms with Gasteiger partial charge in [0.25, 0.3) is 0 Å². The zero-order valence-electron chi connectivity index (χ0n) is 21.6. The first-order chi connectivity index (χ1) is 17.3. The molecule has 0 amide bonds. The number of hydrogen-bond acceptors (Lipinski definition) is 6. The molecule has 0 spiro atoms. The quantitative estimate of drug-likeness (QED) is 0.160. The molecule has 1 aromatic carbocycles. The second-order valence-corrected chi connectivity index (χ2v) is 9.51. The highest BCUT2D eigenvalue weighted by Gasteiger charge is 2.10. The van der Waals surface area contributed by atoms with Crippen LogP contribution in [-0.4, -0.2) is 21.5 Å². The Hall–Kier alpha value is -2.89. The van der Waals surface area contributed by atoms with Gasteiger partial charge in [-0.2, -0.15) is 0 Å². The number of hydrogen-bond donors (Lipinski definition) is 3. The molecule has 0 radical (unpaired) electrons. The Morgan fingerprint density at radius 2 is 1.29 bits per heavy atom. The number of anilines is 4. The Labute approximate surface area is 211 Å². The van der Waals surface area contributed by atoms with Crippen LogP contribution in [0.3, 0.4) is 0 Å². The van der Waals surface area contributed by atoms with Gasteiger partial charge in [0.05, 0.1) is 11.2 Å². The van der Waals surface area contributed by atoms with Crippen molar-refractivity contribution in [3.8, 4) is 0 Å². The van der Waals surface area contributed by atoms with Crippen LogP contribution >= 0.6 is 0 Å². The van der Waals surface area contributed by atoms with Gasteiger partial charge in [-0.25, -0.2) is 9.97 Å². The standard InChI is InChI=1S/C29H44N6/c1-2-3-4-5-6-7-8-9-10-11-12-13-14-15-21-32-28-26(30)29(34-23-33-28)35-25-20-16-18-24-19-17-22-31-27(24)25/h16-20,22-23H,2-15,21,30H2,1H3,(H2,32,33,34,35). The van der Waals surface area contributed by atoms with Gasteiger partial charge in [-0.1, -0.05) is 109 Å². The van der Waals surface area contributed by atoms with Gasteiger partial charge in [-0.3, -0.25) is 4.98 Å². The van der Waals surface area contributed by atoms with Gasteiger partial charge in [0.1, 0.15) is 12.0 Å². The largest absolute Gasteiger partial charge is 0.393 e. The van der Waals surface area contributed by atoms with E-state index < -0.39 is 0 Å². The maximum atomic E-state index is 6.37. The van der Waals surface area contributed by atoms with Crippen LogP contribution in [-0.2, 0) is 0 Å². The molecule has 190 valence electrons. The molecule has 3 rings (SSSR count). The van der Waals surface area contributed by atoms with E-state index in [0.717, 1.165) is 29.6 Å². The fourth-order valence-corrected chi connectivity index (χ4v) is 4.50. The van der Waals surface area contributed by atoms with Gasteiger partial charge < -0.3 is 16.4 Å². The average Bonchev–Trinajstić information content (AvgIpc) is 2.88. The number of fused-ring (bicyclic) bond motifs is 1. The molecule has 0 fully saturated rings. The van der Waals surface area contributed by atoms with E-state index in [1.54, 1.807) is 12.5 Å². The van der Waals surface area contributed by atoms with E-state index in [1.165, 1.54) is 83.5 Å². The van der Waals surface area contributed by atoms with Gasteiger partial charge in [0.2, 0.25) is 0 Å². The smallest absolute Gasteiger partial charge is 0.159 e. The summed E-state index contributed by atoms with van der Waals surface area (Å²) in [5.41, 5.74) is 8.67.